The quantitative estimate of drug-likeness (QED) is 0.782. The molecule has 1 aliphatic rings. The van der Waals surface area contributed by atoms with Crippen molar-refractivity contribution >= 4 is 33.6 Å². The van der Waals surface area contributed by atoms with Crippen molar-refractivity contribution in [3.8, 4) is 0 Å². The van der Waals surface area contributed by atoms with Crippen LogP contribution in [0.4, 0.5) is 0 Å². The third-order valence-corrected chi connectivity index (χ3v) is 4.56. The van der Waals surface area contributed by atoms with Crippen LogP contribution in [0.25, 0.3) is 0 Å². The van der Waals surface area contributed by atoms with E-state index in [1.807, 2.05) is 40.9 Å². The monoisotopic (exact) mass is 313 g/mol. The maximum Gasteiger partial charge on any atom is 0.253 e. The Morgan fingerprint density at radius 3 is 2.71 bits per heavy atom. The Bertz CT molecular complexity index is 372. The van der Waals surface area contributed by atoms with E-state index in [0.29, 0.717) is 0 Å². The summed E-state index contributed by atoms with van der Waals surface area (Å²) < 4.78 is 0. The van der Waals surface area contributed by atoms with Crippen LogP contribution in [0.2, 0.25) is 0 Å². The SMILES string of the molecule is O=C(c1ccc(CBr)cc1)N1CCCSCC1. The number of hydrogen-bond acceptors (Lipinski definition) is 2. The van der Waals surface area contributed by atoms with Gasteiger partial charge in [-0.25, -0.2) is 0 Å². The van der Waals surface area contributed by atoms with Crippen molar-refractivity contribution in [3.05, 3.63) is 35.4 Å². The maximum absolute atomic E-state index is 12.3. The zero-order valence-electron chi connectivity index (χ0n) is 9.69. The number of amides is 1. The summed E-state index contributed by atoms with van der Waals surface area (Å²) >= 11 is 5.35. The van der Waals surface area contributed by atoms with E-state index in [9.17, 15) is 4.79 Å². The number of alkyl halides is 1. The highest BCUT2D eigenvalue weighted by Crippen LogP contribution is 2.14. The summed E-state index contributed by atoms with van der Waals surface area (Å²) in [5.41, 5.74) is 2.01. The number of thioether (sulfide) groups is 1. The number of hydrogen-bond donors (Lipinski definition) is 0. The Morgan fingerprint density at radius 1 is 1.24 bits per heavy atom. The number of carbonyl (C=O) groups is 1. The van der Waals surface area contributed by atoms with Gasteiger partial charge in [-0.1, -0.05) is 28.1 Å². The summed E-state index contributed by atoms with van der Waals surface area (Å²) in [6.07, 6.45) is 1.11. The third kappa shape index (κ3) is 3.49. The lowest BCUT2D eigenvalue weighted by atomic mass is 10.1. The number of benzene rings is 1. The first-order valence-electron chi connectivity index (χ1n) is 5.83. The second-order valence-corrected chi connectivity index (χ2v) is 5.87. The van der Waals surface area contributed by atoms with E-state index in [4.69, 9.17) is 0 Å². The molecule has 1 heterocycles. The van der Waals surface area contributed by atoms with Gasteiger partial charge in [-0.3, -0.25) is 4.79 Å². The number of rotatable bonds is 2. The highest BCUT2D eigenvalue weighted by molar-refractivity contribution is 9.08. The van der Waals surface area contributed by atoms with Crippen LogP contribution in [0, 0.1) is 0 Å². The Kier molecular flexibility index (Phi) is 4.92. The minimum atomic E-state index is 0.175. The zero-order chi connectivity index (χ0) is 12.1. The molecule has 0 aromatic heterocycles. The fourth-order valence-electron chi connectivity index (χ4n) is 1.87. The van der Waals surface area contributed by atoms with E-state index in [0.717, 1.165) is 36.2 Å². The van der Waals surface area contributed by atoms with Gasteiger partial charge in [-0.15, -0.1) is 0 Å². The molecule has 0 spiro atoms. The van der Waals surface area contributed by atoms with Gasteiger partial charge in [-0.05, 0) is 29.9 Å². The number of halogens is 1. The molecule has 4 heteroatoms. The van der Waals surface area contributed by atoms with Crippen molar-refractivity contribution in [1.82, 2.24) is 4.90 Å². The molecule has 1 aromatic rings. The largest absolute Gasteiger partial charge is 0.338 e. The minimum Gasteiger partial charge on any atom is -0.338 e. The first-order valence-corrected chi connectivity index (χ1v) is 8.11. The molecule has 0 radical (unpaired) electrons. The molecule has 1 amide bonds. The number of nitrogens with zero attached hydrogens (tertiary/aromatic N) is 1. The molecule has 92 valence electrons. The Balaban J connectivity index is 2.06. The molecule has 2 rings (SSSR count). The van der Waals surface area contributed by atoms with E-state index in [1.165, 1.54) is 11.3 Å². The molecule has 17 heavy (non-hydrogen) atoms. The summed E-state index contributed by atoms with van der Waals surface area (Å²) in [5, 5.41) is 0.835. The topological polar surface area (TPSA) is 20.3 Å². The van der Waals surface area contributed by atoms with Gasteiger partial charge in [0.1, 0.15) is 0 Å². The van der Waals surface area contributed by atoms with Crippen LogP contribution in [0.15, 0.2) is 24.3 Å². The van der Waals surface area contributed by atoms with Gasteiger partial charge < -0.3 is 4.90 Å². The van der Waals surface area contributed by atoms with Gasteiger partial charge in [0.15, 0.2) is 0 Å². The fourth-order valence-corrected chi connectivity index (χ4v) is 3.13. The first-order chi connectivity index (χ1) is 8.31. The van der Waals surface area contributed by atoms with Gasteiger partial charge in [0.25, 0.3) is 5.91 Å². The molecular weight excluding hydrogens is 298 g/mol. The van der Waals surface area contributed by atoms with Crippen molar-refractivity contribution in [2.24, 2.45) is 0 Å². The highest BCUT2D eigenvalue weighted by atomic mass is 79.9. The lowest BCUT2D eigenvalue weighted by Crippen LogP contribution is -2.32. The standard InChI is InChI=1S/C13H16BrNOS/c14-10-11-2-4-12(5-3-11)13(16)15-6-1-8-17-9-7-15/h2-5H,1,6-10H2. The minimum absolute atomic E-state index is 0.175. The van der Waals surface area contributed by atoms with Crippen LogP contribution in [-0.4, -0.2) is 35.4 Å². The van der Waals surface area contributed by atoms with E-state index in [2.05, 4.69) is 15.9 Å². The summed E-state index contributed by atoms with van der Waals surface area (Å²) in [6, 6.07) is 7.87. The van der Waals surface area contributed by atoms with E-state index in [-0.39, 0.29) is 5.91 Å². The lowest BCUT2D eigenvalue weighted by Gasteiger charge is -2.20. The van der Waals surface area contributed by atoms with E-state index in [1.54, 1.807) is 0 Å². The molecule has 0 N–H and O–H groups in total. The molecule has 1 aliphatic heterocycles. The van der Waals surface area contributed by atoms with Crippen molar-refractivity contribution in [3.63, 3.8) is 0 Å². The first kappa shape index (κ1) is 13.0. The third-order valence-electron chi connectivity index (χ3n) is 2.86. The Morgan fingerprint density at radius 2 is 2.00 bits per heavy atom. The van der Waals surface area contributed by atoms with Crippen molar-refractivity contribution < 1.29 is 4.79 Å². The van der Waals surface area contributed by atoms with Gasteiger partial charge in [0.2, 0.25) is 0 Å². The molecule has 2 nitrogen and oxygen atoms in total. The summed E-state index contributed by atoms with van der Waals surface area (Å²) in [5.74, 6) is 2.41. The molecule has 1 aromatic carbocycles. The summed E-state index contributed by atoms with van der Waals surface area (Å²) in [6.45, 7) is 1.77. The predicted octanol–water partition coefficient (Wildman–Crippen LogP) is 3.16. The van der Waals surface area contributed by atoms with Crippen molar-refractivity contribution in [1.29, 1.82) is 0 Å². The maximum atomic E-state index is 12.3. The van der Waals surface area contributed by atoms with Gasteiger partial charge >= 0.3 is 0 Å². The van der Waals surface area contributed by atoms with E-state index >= 15 is 0 Å². The Hall–Kier alpha value is -0.480. The molecule has 0 unspecified atom stereocenters. The van der Waals surface area contributed by atoms with Crippen LogP contribution < -0.4 is 0 Å². The van der Waals surface area contributed by atoms with Crippen LogP contribution >= 0.6 is 27.7 Å². The molecule has 0 saturated carbocycles. The summed E-state index contributed by atoms with van der Waals surface area (Å²) in [7, 11) is 0. The van der Waals surface area contributed by atoms with E-state index < -0.39 is 0 Å². The summed E-state index contributed by atoms with van der Waals surface area (Å²) in [4.78, 5) is 14.2. The second-order valence-electron chi connectivity index (χ2n) is 4.09. The van der Waals surface area contributed by atoms with Crippen LogP contribution in [0.3, 0.4) is 0 Å². The van der Waals surface area contributed by atoms with Crippen molar-refractivity contribution in [2.45, 2.75) is 11.8 Å². The zero-order valence-corrected chi connectivity index (χ0v) is 12.1. The molecule has 0 aliphatic carbocycles. The fraction of sp³-hybridized carbons (Fsp3) is 0.462. The van der Waals surface area contributed by atoms with Crippen LogP contribution in [0.1, 0.15) is 22.3 Å². The average Bonchev–Trinajstić information content (AvgIpc) is 2.67. The smallest absolute Gasteiger partial charge is 0.253 e. The molecule has 1 fully saturated rings. The molecule has 0 atom stereocenters. The highest BCUT2D eigenvalue weighted by Gasteiger charge is 2.16. The average molecular weight is 314 g/mol. The van der Waals surface area contributed by atoms with Crippen molar-refractivity contribution in [2.75, 3.05) is 24.6 Å². The van der Waals surface area contributed by atoms with Crippen LogP contribution in [0.5, 0.6) is 0 Å². The number of carbonyl (C=O) groups excluding carboxylic acids is 1. The van der Waals surface area contributed by atoms with Gasteiger partial charge in [-0.2, -0.15) is 11.8 Å². The molecular formula is C13H16BrNOS. The molecule has 1 saturated heterocycles. The normalized spacial score (nSPS) is 16.6. The van der Waals surface area contributed by atoms with Crippen LogP contribution in [-0.2, 0) is 5.33 Å². The lowest BCUT2D eigenvalue weighted by molar-refractivity contribution is 0.0768. The Labute approximate surface area is 115 Å². The molecule has 0 bridgehead atoms. The van der Waals surface area contributed by atoms with Gasteiger partial charge in [0.05, 0.1) is 0 Å². The predicted molar refractivity (Wildman–Crippen MR) is 76.9 cm³/mol. The second kappa shape index (κ2) is 6.45. The van der Waals surface area contributed by atoms with Gasteiger partial charge in [0, 0.05) is 29.7 Å².